The molecule has 0 aromatic carbocycles. The molecular weight excluding hydrogens is 190 g/mol. The standard InChI is InChI=1S/C11H19N3O/c1-8-3-9(2)14(6-8)7-11-4-10(5-12)13-15-11/h4,8-9H,3,5-7,12H2,1-2H3. The molecule has 0 bridgehead atoms. The number of rotatable bonds is 3. The second-order valence-corrected chi connectivity index (χ2v) is 4.61. The van der Waals surface area contributed by atoms with Gasteiger partial charge in [0.05, 0.1) is 12.2 Å². The summed E-state index contributed by atoms with van der Waals surface area (Å²) in [5, 5.41) is 3.89. The van der Waals surface area contributed by atoms with Crippen LogP contribution in [0.5, 0.6) is 0 Å². The molecule has 0 amide bonds. The van der Waals surface area contributed by atoms with Gasteiger partial charge in [0, 0.05) is 25.2 Å². The second kappa shape index (κ2) is 4.33. The molecule has 0 spiro atoms. The Morgan fingerprint density at radius 2 is 2.40 bits per heavy atom. The fourth-order valence-electron chi connectivity index (χ4n) is 2.33. The van der Waals surface area contributed by atoms with Crippen molar-refractivity contribution >= 4 is 0 Å². The normalized spacial score (nSPS) is 27.4. The van der Waals surface area contributed by atoms with Gasteiger partial charge in [0.15, 0.2) is 5.76 Å². The van der Waals surface area contributed by atoms with E-state index < -0.39 is 0 Å². The van der Waals surface area contributed by atoms with E-state index in [4.69, 9.17) is 10.3 Å². The average molecular weight is 209 g/mol. The number of hydrogen-bond donors (Lipinski definition) is 1. The predicted octanol–water partition coefficient (Wildman–Crippen LogP) is 1.36. The summed E-state index contributed by atoms with van der Waals surface area (Å²) in [5.41, 5.74) is 6.32. The molecule has 2 N–H and O–H groups in total. The monoisotopic (exact) mass is 209 g/mol. The Bertz CT molecular complexity index is 323. The van der Waals surface area contributed by atoms with Gasteiger partial charge in [-0.15, -0.1) is 0 Å². The maximum absolute atomic E-state index is 5.48. The molecule has 1 aromatic rings. The molecular formula is C11H19N3O. The van der Waals surface area contributed by atoms with Crippen molar-refractivity contribution in [3.63, 3.8) is 0 Å². The molecule has 15 heavy (non-hydrogen) atoms. The molecule has 2 rings (SSSR count). The first-order chi connectivity index (χ1) is 7.19. The summed E-state index contributed by atoms with van der Waals surface area (Å²) in [6.07, 6.45) is 1.28. The third kappa shape index (κ3) is 2.38. The Balaban J connectivity index is 1.96. The van der Waals surface area contributed by atoms with Gasteiger partial charge >= 0.3 is 0 Å². The summed E-state index contributed by atoms with van der Waals surface area (Å²) in [4.78, 5) is 2.44. The van der Waals surface area contributed by atoms with Crippen LogP contribution in [0.2, 0.25) is 0 Å². The summed E-state index contributed by atoms with van der Waals surface area (Å²) >= 11 is 0. The fraction of sp³-hybridized carbons (Fsp3) is 0.727. The molecule has 0 radical (unpaired) electrons. The number of aromatic nitrogens is 1. The molecule has 2 heterocycles. The van der Waals surface area contributed by atoms with Crippen LogP contribution in [0.4, 0.5) is 0 Å². The van der Waals surface area contributed by atoms with Gasteiger partial charge in [0.1, 0.15) is 0 Å². The smallest absolute Gasteiger partial charge is 0.151 e. The van der Waals surface area contributed by atoms with E-state index >= 15 is 0 Å². The van der Waals surface area contributed by atoms with Crippen molar-refractivity contribution in [3.05, 3.63) is 17.5 Å². The van der Waals surface area contributed by atoms with Crippen molar-refractivity contribution < 1.29 is 4.52 Å². The van der Waals surface area contributed by atoms with Crippen LogP contribution in [0.1, 0.15) is 31.7 Å². The topological polar surface area (TPSA) is 55.3 Å². The molecule has 1 fully saturated rings. The lowest BCUT2D eigenvalue weighted by molar-refractivity contribution is 0.223. The van der Waals surface area contributed by atoms with Gasteiger partial charge < -0.3 is 10.3 Å². The summed E-state index contributed by atoms with van der Waals surface area (Å²) in [6.45, 7) is 7.03. The number of nitrogens with zero attached hydrogens (tertiary/aromatic N) is 2. The quantitative estimate of drug-likeness (QED) is 0.816. The van der Waals surface area contributed by atoms with Gasteiger partial charge in [-0.1, -0.05) is 12.1 Å². The lowest BCUT2D eigenvalue weighted by atomic mass is 10.1. The van der Waals surface area contributed by atoms with Gasteiger partial charge in [-0.2, -0.15) is 0 Å². The molecule has 0 saturated carbocycles. The van der Waals surface area contributed by atoms with Crippen molar-refractivity contribution in [2.75, 3.05) is 6.54 Å². The first kappa shape index (κ1) is 10.6. The van der Waals surface area contributed by atoms with Crippen molar-refractivity contribution in [3.8, 4) is 0 Å². The Morgan fingerprint density at radius 3 is 2.93 bits per heavy atom. The van der Waals surface area contributed by atoms with Crippen LogP contribution < -0.4 is 5.73 Å². The highest BCUT2D eigenvalue weighted by atomic mass is 16.5. The molecule has 1 aliphatic rings. The highest BCUT2D eigenvalue weighted by Crippen LogP contribution is 2.24. The molecule has 2 atom stereocenters. The Morgan fingerprint density at radius 1 is 1.60 bits per heavy atom. The minimum atomic E-state index is 0.454. The zero-order valence-electron chi connectivity index (χ0n) is 9.44. The van der Waals surface area contributed by atoms with Gasteiger partial charge in [0.25, 0.3) is 0 Å². The van der Waals surface area contributed by atoms with Crippen LogP contribution in [0.3, 0.4) is 0 Å². The average Bonchev–Trinajstić information content (AvgIpc) is 2.75. The maximum atomic E-state index is 5.48. The third-order valence-electron chi connectivity index (χ3n) is 3.09. The van der Waals surface area contributed by atoms with Gasteiger partial charge in [-0.3, -0.25) is 4.90 Å². The van der Waals surface area contributed by atoms with Gasteiger partial charge in [0.2, 0.25) is 0 Å². The first-order valence-electron chi connectivity index (χ1n) is 5.57. The van der Waals surface area contributed by atoms with Crippen LogP contribution in [0.15, 0.2) is 10.6 Å². The minimum Gasteiger partial charge on any atom is -0.360 e. The Labute approximate surface area is 90.4 Å². The molecule has 4 nitrogen and oxygen atoms in total. The van der Waals surface area contributed by atoms with Crippen molar-refractivity contribution in [2.24, 2.45) is 11.7 Å². The van der Waals surface area contributed by atoms with E-state index in [0.29, 0.717) is 12.6 Å². The van der Waals surface area contributed by atoms with E-state index in [1.165, 1.54) is 6.42 Å². The van der Waals surface area contributed by atoms with Crippen LogP contribution in [-0.2, 0) is 13.1 Å². The van der Waals surface area contributed by atoms with E-state index in [1.54, 1.807) is 0 Å². The molecule has 84 valence electrons. The summed E-state index contributed by atoms with van der Waals surface area (Å²) in [5.74, 6) is 1.72. The minimum absolute atomic E-state index is 0.454. The van der Waals surface area contributed by atoms with Crippen molar-refractivity contribution in [2.45, 2.75) is 39.4 Å². The predicted molar refractivity (Wildman–Crippen MR) is 58.0 cm³/mol. The number of likely N-dealkylation sites (tertiary alicyclic amines) is 1. The highest BCUT2D eigenvalue weighted by Gasteiger charge is 2.26. The van der Waals surface area contributed by atoms with Crippen molar-refractivity contribution in [1.29, 1.82) is 0 Å². The first-order valence-corrected chi connectivity index (χ1v) is 5.57. The van der Waals surface area contributed by atoms with E-state index in [0.717, 1.165) is 30.5 Å². The Kier molecular flexibility index (Phi) is 3.07. The van der Waals surface area contributed by atoms with Crippen LogP contribution in [0.25, 0.3) is 0 Å². The molecule has 0 aliphatic carbocycles. The number of nitrogens with two attached hydrogens (primary N) is 1. The zero-order chi connectivity index (χ0) is 10.8. The van der Waals surface area contributed by atoms with Crippen LogP contribution >= 0.6 is 0 Å². The highest BCUT2D eigenvalue weighted by molar-refractivity contribution is 5.05. The fourth-order valence-corrected chi connectivity index (χ4v) is 2.33. The SMILES string of the molecule is CC1CC(C)N(Cc2cc(CN)no2)C1. The molecule has 1 saturated heterocycles. The molecule has 1 aliphatic heterocycles. The molecule has 1 aromatic heterocycles. The molecule has 2 unspecified atom stereocenters. The third-order valence-corrected chi connectivity index (χ3v) is 3.09. The lowest BCUT2D eigenvalue weighted by Gasteiger charge is -2.18. The van der Waals surface area contributed by atoms with Gasteiger partial charge in [-0.25, -0.2) is 0 Å². The van der Waals surface area contributed by atoms with Gasteiger partial charge in [-0.05, 0) is 19.3 Å². The summed E-state index contributed by atoms with van der Waals surface area (Å²) in [6, 6.07) is 2.60. The summed E-state index contributed by atoms with van der Waals surface area (Å²) < 4.78 is 5.23. The van der Waals surface area contributed by atoms with E-state index in [1.807, 2.05) is 6.07 Å². The lowest BCUT2D eigenvalue weighted by Crippen LogP contribution is -2.26. The van der Waals surface area contributed by atoms with E-state index in [2.05, 4.69) is 23.9 Å². The van der Waals surface area contributed by atoms with Crippen LogP contribution in [0, 0.1) is 5.92 Å². The largest absolute Gasteiger partial charge is 0.360 e. The van der Waals surface area contributed by atoms with Crippen molar-refractivity contribution in [1.82, 2.24) is 10.1 Å². The van der Waals surface area contributed by atoms with E-state index in [9.17, 15) is 0 Å². The van der Waals surface area contributed by atoms with E-state index in [-0.39, 0.29) is 0 Å². The molecule has 4 heteroatoms. The second-order valence-electron chi connectivity index (χ2n) is 4.61. The van der Waals surface area contributed by atoms with Crippen LogP contribution in [-0.4, -0.2) is 22.6 Å². The zero-order valence-corrected chi connectivity index (χ0v) is 9.44. The number of hydrogen-bond acceptors (Lipinski definition) is 4. The Hall–Kier alpha value is -0.870. The summed E-state index contributed by atoms with van der Waals surface area (Å²) in [7, 11) is 0. The maximum Gasteiger partial charge on any atom is 0.151 e.